The topological polar surface area (TPSA) is 105 Å². The van der Waals surface area contributed by atoms with Gasteiger partial charge in [0.2, 0.25) is 5.91 Å². The van der Waals surface area contributed by atoms with E-state index in [2.05, 4.69) is 10.3 Å². The molecule has 2 aliphatic heterocycles. The van der Waals surface area contributed by atoms with Crippen LogP contribution in [-0.2, 0) is 19.4 Å². The molecule has 164 valence electrons. The van der Waals surface area contributed by atoms with Gasteiger partial charge in [-0.3, -0.25) is 4.79 Å². The Morgan fingerprint density at radius 3 is 2.57 bits per heavy atom. The van der Waals surface area contributed by atoms with Gasteiger partial charge in [-0.1, -0.05) is 23.4 Å². The van der Waals surface area contributed by atoms with Crippen LogP contribution in [0.3, 0.4) is 0 Å². The molecule has 30 heavy (non-hydrogen) atoms. The van der Waals surface area contributed by atoms with Gasteiger partial charge in [0, 0.05) is 28.9 Å². The second-order valence-corrected chi connectivity index (χ2v) is 11.9. The molecule has 0 radical (unpaired) electrons. The lowest BCUT2D eigenvalue weighted by molar-refractivity contribution is -0.117. The van der Waals surface area contributed by atoms with Crippen LogP contribution in [0.2, 0.25) is 5.02 Å². The summed E-state index contributed by atoms with van der Waals surface area (Å²) < 4.78 is 29.3. The van der Waals surface area contributed by atoms with Crippen LogP contribution in [0.4, 0.5) is 10.5 Å². The number of alkyl carbamates (subject to hydrolysis) is 1. The van der Waals surface area contributed by atoms with Crippen molar-refractivity contribution in [3.8, 4) is 0 Å². The number of nitrogens with one attached hydrogen (secondary N) is 1. The van der Waals surface area contributed by atoms with Gasteiger partial charge in [-0.15, -0.1) is 0 Å². The predicted octanol–water partition coefficient (Wildman–Crippen LogP) is 2.86. The van der Waals surface area contributed by atoms with Gasteiger partial charge in [0.05, 0.1) is 17.5 Å². The number of nitrogens with zero attached hydrogens (tertiary/aromatic N) is 2. The maximum Gasteiger partial charge on any atom is 0.407 e. The Morgan fingerprint density at radius 2 is 1.93 bits per heavy atom. The molecule has 2 atom stereocenters. The highest BCUT2D eigenvalue weighted by atomic mass is 35.5. The largest absolute Gasteiger partial charge is 0.444 e. The Hall–Kier alpha value is -1.78. The van der Waals surface area contributed by atoms with E-state index in [-0.39, 0.29) is 35.8 Å². The molecule has 0 saturated carbocycles. The number of sulfone groups is 1. The molecule has 0 aromatic heterocycles. The van der Waals surface area contributed by atoms with Crippen molar-refractivity contribution in [1.29, 1.82) is 0 Å². The predicted molar refractivity (Wildman–Crippen MR) is 119 cm³/mol. The van der Waals surface area contributed by atoms with Crippen LogP contribution in [0.5, 0.6) is 0 Å². The molecule has 2 amide bonds. The number of hydrogen-bond donors (Lipinski definition) is 1. The molecule has 2 saturated heterocycles. The minimum absolute atomic E-state index is 0.00535. The lowest BCUT2D eigenvalue weighted by Crippen LogP contribution is -2.37. The van der Waals surface area contributed by atoms with Crippen LogP contribution >= 0.6 is 23.4 Å². The molecular weight excluding hydrogens is 450 g/mol. The summed E-state index contributed by atoms with van der Waals surface area (Å²) >= 11 is 7.27. The highest BCUT2D eigenvalue weighted by Crippen LogP contribution is 2.41. The summed E-state index contributed by atoms with van der Waals surface area (Å²) in [5.74, 6) is -0.337. The number of amidine groups is 1. The molecule has 2 fully saturated rings. The number of aliphatic imine (C=N–C) groups is 1. The summed E-state index contributed by atoms with van der Waals surface area (Å²) in [7, 11) is -3.14. The zero-order valence-electron chi connectivity index (χ0n) is 16.9. The number of benzene rings is 1. The van der Waals surface area contributed by atoms with E-state index in [0.29, 0.717) is 10.2 Å². The number of fused-ring (bicyclic) bond motifs is 1. The van der Waals surface area contributed by atoms with Gasteiger partial charge in [0.1, 0.15) is 5.60 Å². The van der Waals surface area contributed by atoms with E-state index < -0.39 is 27.4 Å². The number of anilines is 1. The van der Waals surface area contributed by atoms with Crippen LogP contribution in [0.1, 0.15) is 27.2 Å². The average molecular weight is 474 g/mol. The van der Waals surface area contributed by atoms with Crippen molar-refractivity contribution >= 4 is 56.1 Å². The lowest BCUT2D eigenvalue weighted by Gasteiger charge is -2.24. The van der Waals surface area contributed by atoms with Gasteiger partial charge in [-0.25, -0.2) is 13.2 Å². The molecule has 2 unspecified atom stereocenters. The lowest BCUT2D eigenvalue weighted by atomic mass is 10.2. The maximum absolute atomic E-state index is 12.4. The molecule has 0 spiro atoms. The van der Waals surface area contributed by atoms with Crippen molar-refractivity contribution in [3.05, 3.63) is 29.3 Å². The Morgan fingerprint density at radius 1 is 1.27 bits per heavy atom. The third kappa shape index (κ3) is 5.89. The smallest absolute Gasteiger partial charge is 0.407 e. The first-order valence-corrected chi connectivity index (χ1v) is 12.5. The highest BCUT2D eigenvalue weighted by molar-refractivity contribution is 8.16. The molecule has 1 aromatic rings. The Kier molecular flexibility index (Phi) is 6.69. The SMILES string of the molecule is CC(C)(C)OC(=O)NCCC(=O)N=C1SC2CS(=O)(=O)CC2N1c1ccc(Cl)cc1. The van der Waals surface area contributed by atoms with E-state index in [0.717, 1.165) is 5.69 Å². The van der Waals surface area contributed by atoms with Gasteiger partial charge in [0.25, 0.3) is 0 Å². The van der Waals surface area contributed by atoms with Crippen molar-refractivity contribution in [2.45, 2.75) is 44.1 Å². The molecule has 2 heterocycles. The van der Waals surface area contributed by atoms with Crippen molar-refractivity contribution in [2.75, 3.05) is 23.0 Å². The van der Waals surface area contributed by atoms with E-state index in [4.69, 9.17) is 16.3 Å². The summed E-state index contributed by atoms with van der Waals surface area (Å²) in [6.45, 7) is 5.35. The molecule has 8 nitrogen and oxygen atoms in total. The summed E-state index contributed by atoms with van der Waals surface area (Å²) in [6, 6.07) is 6.69. The van der Waals surface area contributed by atoms with E-state index in [1.807, 2.05) is 0 Å². The zero-order chi connectivity index (χ0) is 22.1. The Labute approximate surface area is 185 Å². The fourth-order valence-corrected chi connectivity index (χ4v) is 7.27. The standard InChI is InChI=1S/C19H24ClN3O5S2/c1-19(2,3)28-18(25)21-9-8-16(24)22-17-23(13-6-4-12(20)5-7-13)14-10-30(26,27)11-15(14)29-17/h4-7,14-15H,8-11H2,1-3H3,(H,21,25). The first kappa shape index (κ1) is 22.9. The third-order valence-corrected chi connectivity index (χ3v) is 7.86. The number of amides is 2. The van der Waals surface area contributed by atoms with Gasteiger partial charge in [-0.2, -0.15) is 4.99 Å². The molecule has 11 heteroatoms. The number of carbonyl (C=O) groups is 2. The molecule has 1 N–H and O–H groups in total. The number of hydrogen-bond acceptors (Lipinski definition) is 6. The Bertz CT molecular complexity index is 957. The molecular formula is C19H24ClN3O5S2. The van der Waals surface area contributed by atoms with Crippen molar-refractivity contribution in [3.63, 3.8) is 0 Å². The van der Waals surface area contributed by atoms with Crippen molar-refractivity contribution in [1.82, 2.24) is 5.32 Å². The van der Waals surface area contributed by atoms with Gasteiger partial charge in [0.15, 0.2) is 15.0 Å². The number of thioether (sulfide) groups is 1. The highest BCUT2D eigenvalue weighted by Gasteiger charge is 2.49. The van der Waals surface area contributed by atoms with E-state index in [1.54, 1.807) is 49.9 Å². The first-order chi connectivity index (χ1) is 13.9. The van der Waals surface area contributed by atoms with Crippen LogP contribution in [-0.4, -0.2) is 60.5 Å². The van der Waals surface area contributed by atoms with Gasteiger partial charge >= 0.3 is 6.09 Å². The minimum atomic E-state index is -3.14. The fourth-order valence-electron chi connectivity index (χ4n) is 3.22. The van der Waals surface area contributed by atoms with Crippen LogP contribution < -0.4 is 10.2 Å². The van der Waals surface area contributed by atoms with E-state index in [1.165, 1.54) is 11.8 Å². The molecule has 0 aliphatic carbocycles. The summed E-state index contributed by atoms with van der Waals surface area (Å²) in [6.07, 6.45) is -0.591. The normalized spacial score (nSPS) is 24.0. The molecule has 0 bridgehead atoms. The molecule has 1 aromatic carbocycles. The van der Waals surface area contributed by atoms with Gasteiger partial charge in [-0.05, 0) is 45.0 Å². The summed E-state index contributed by atoms with van der Waals surface area (Å²) in [5.41, 5.74) is 0.112. The van der Waals surface area contributed by atoms with Crippen molar-refractivity contribution in [2.24, 2.45) is 4.99 Å². The second-order valence-electron chi connectivity index (χ2n) is 8.11. The van der Waals surface area contributed by atoms with Crippen LogP contribution in [0, 0.1) is 0 Å². The third-order valence-electron chi connectivity index (χ3n) is 4.40. The first-order valence-electron chi connectivity index (χ1n) is 9.44. The number of halogens is 1. The fraction of sp³-hybridized carbons (Fsp3) is 0.526. The number of rotatable bonds is 4. The van der Waals surface area contributed by atoms with Crippen LogP contribution in [0.15, 0.2) is 29.3 Å². The van der Waals surface area contributed by atoms with Crippen molar-refractivity contribution < 1.29 is 22.7 Å². The monoisotopic (exact) mass is 473 g/mol. The average Bonchev–Trinajstić information content (AvgIpc) is 3.05. The second kappa shape index (κ2) is 8.76. The van der Waals surface area contributed by atoms with E-state index >= 15 is 0 Å². The Balaban J connectivity index is 1.70. The quantitative estimate of drug-likeness (QED) is 0.716. The number of carbonyl (C=O) groups excluding carboxylic acids is 2. The van der Waals surface area contributed by atoms with E-state index in [9.17, 15) is 18.0 Å². The summed E-state index contributed by atoms with van der Waals surface area (Å²) in [5, 5.41) is 3.37. The number of ether oxygens (including phenoxy) is 1. The summed E-state index contributed by atoms with van der Waals surface area (Å²) in [4.78, 5) is 30.1. The maximum atomic E-state index is 12.4. The van der Waals surface area contributed by atoms with Crippen LogP contribution in [0.25, 0.3) is 0 Å². The van der Waals surface area contributed by atoms with Gasteiger partial charge < -0.3 is 15.0 Å². The molecule has 3 rings (SSSR count). The minimum Gasteiger partial charge on any atom is -0.444 e. The zero-order valence-corrected chi connectivity index (χ0v) is 19.3. The molecule has 2 aliphatic rings.